The molecule has 0 aliphatic rings. The number of nitrogens with zero attached hydrogens (tertiary/aromatic N) is 1. The van der Waals surface area contributed by atoms with Gasteiger partial charge >= 0.3 is 0 Å². The SMILES string of the molecule is N=C(N)N/C(=N/Cc1ccco1)NCCc1ccccc1. The fraction of sp³-hybridized carbons (Fsp3) is 0.200. The molecule has 0 radical (unpaired) electrons. The van der Waals surface area contributed by atoms with Crippen molar-refractivity contribution >= 4 is 11.9 Å². The highest BCUT2D eigenvalue weighted by atomic mass is 16.3. The number of nitrogens with two attached hydrogens (primary N) is 1. The first-order chi connectivity index (χ1) is 10.2. The summed E-state index contributed by atoms with van der Waals surface area (Å²) in [4.78, 5) is 4.32. The lowest BCUT2D eigenvalue weighted by atomic mass is 10.1. The van der Waals surface area contributed by atoms with Gasteiger partial charge in [-0.15, -0.1) is 0 Å². The van der Waals surface area contributed by atoms with Gasteiger partial charge in [0.1, 0.15) is 12.3 Å². The van der Waals surface area contributed by atoms with Crippen molar-refractivity contribution in [3.8, 4) is 0 Å². The molecule has 0 saturated heterocycles. The van der Waals surface area contributed by atoms with Gasteiger partial charge in [-0.3, -0.25) is 10.7 Å². The van der Waals surface area contributed by atoms with Crippen molar-refractivity contribution in [1.29, 1.82) is 5.41 Å². The lowest BCUT2D eigenvalue weighted by Gasteiger charge is -2.11. The third-order valence-corrected chi connectivity index (χ3v) is 2.78. The first-order valence-electron chi connectivity index (χ1n) is 6.70. The molecule has 2 aromatic rings. The topological polar surface area (TPSA) is 99.4 Å². The molecule has 0 atom stereocenters. The summed E-state index contributed by atoms with van der Waals surface area (Å²) in [5.74, 6) is 1.07. The summed E-state index contributed by atoms with van der Waals surface area (Å²) in [6.07, 6.45) is 2.46. The van der Waals surface area contributed by atoms with Crippen LogP contribution in [0, 0.1) is 5.41 Å². The molecule has 0 unspecified atom stereocenters. The molecule has 110 valence electrons. The maximum atomic E-state index is 7.30. The van der Waals surface area contributed by atoms with Gasteiger partial charge in [0, 0.05) is 6.54 Å². The summed E-state index contributed by atoms with van der Waals surface area (Å²) in [5.41, 5.74) is 6.59. The monoisotopic (exact) mass is 285 g/mol. The molecule has 0 aliphatic carbocycles. The lowest BCUT2D eigenvalue weighted by molar-refractivity contribution is 0.512. The summed E-state index contributed by atoms with van der Waals surface area (Å²) in [6.45, 7) is 1.09. The largest absolute Gasteiger partial charge is 0.467 e. The summed E-state index contributed by atoms with van der Waals surface area (Å²) >= 11 is 0. The van der Waals surface area contributed by atoms with Crippen molar-refractivity contribution in [2.75, 3.05) is 6.54 Å². The van der Waals surface area contributed by atoms with Crippen LogP contribution in [0.5, 0.6) is 0 Å². The van der Waals surface area contributed by atoms with E-state index in [0.717, 1.165) is 12.2 Å². The Labute approximate surface area is 123 Å². The summed E-state index contributed by atoms with van der Waals surface area (Å²) < 4.78 is 5.22. The van der Waals surface area contributed by atoms with Crippen molar-refractivity contribution in [2.24, 2.45) is 10.7 Å². The minimum atomic E-state index is -0.152. The van der Waals surface area contributed by atoms with E-state index in [4.69, 9.17) is 15.6 Å². The Hall–Kier alpha value is -2.76. The van der Waals surface area contributed by atoms with Crippen LogP contribution in [-0.4, -0.2) is 18.5 Å². The van der Waals surface area contributed by atoms with E-state index in [1.54, 1.807) is 6.26 Å². The van der Waals surface area contributed by atoms with Crippen molar-refractivity contribution in [3.05, 3.63) is 60.1 Å². The molecule has 0 spiro atoms. The average Bonchev–Trinajstić information content (AvgIpc) is 2.98. The first-order valence-corrected chi connectivity index (χ1v) is 6.70. The van der Waals surface area contributed by atoms with Crippen LogP contribution in [0.3, 0.4) is 0 Å². The first kappa shape index (κ1) is 14.6. The molecule has 6 heteroatoms. The van der Waals surface area contributed by atoms with Gasteiger partial charge in [-0.2, -0.15) is 0 Å². The number of guanidine groups is 2. The molecular formula is C15H19N5O. The maximum absolute atomic E-state index is 7.30. The molecule has 5 N–H and O–H groups in total. The van der Waals surface area contributed by atoms with Gasteiger partial charge < -0.3 is 15.5 Å². The van der Waals surface area contributed by atoms with Gasteiger partial charge in [0.2, 0.25) is 0 Å². The number of aliphatic imine (C=N–C) groups is 1. The smallest absolute Gasteiger partial charge is 0.198 e. The van der Waals surface area contributed by atoms with Crippen LogP contribution in [0.25, 0.3) is 0 Å². The number of furan rings is 1. The Morgan fingerprint density at radius 2 is 2.00 bits per heavy atom. The van der Waals surface area contributed by atoms with Crippen molar-refractivity contribution in [3.63, 3.8) is 0 Å². The maximum Gasteiger partial charge on any atom is 0.198 e. The molecule has 21 heavy (non-hydrogen) atoms. The number of hydrogen-bond donors (Lipinski definition) is 4. The van der Waals surface area contributed by atoms with Crippen LogP contribution in [-0.2, 0) is 13.0 Å². The molecule has 0 amide bonds. The van der Waals surface area contributed by atoms with Gasteiger partial charge in [-0.1, -0.05) is 30.3 Å². The van der Waals surface area contributed by atoms with E-state index in [9.17, 15) is 0 Å². The average molecular weight is 285 g/mol. The predicted molar refractivity (Wildman–Crippen MR) is 83.0 cm³/mol. The zero-order valence-electron chi connectivity index (χ0n) is 11.7. The number of hydrogen-bond acceptors (Lipinski definition) is 3. The minimum Gasteiger partial charge on any atom is -0.467 e. The van der Waals surface area contributed by atoms with Crippen molar-refractivity contribution in [1.82, 2.24) is 10.6 Å². The number of rotatable bonds is 5. The third-order valence-electron chi connectivity index (χ3n) is 2.78. The molecule has 0 fully saturated rings. The van der Waals surface area contributed by atoms with Crippen LogP contribution >= 0.6 is 0 Å². The molecule has 6 nitrogen and oxygen atoms in total. The lowest BCUT2D eigenvalue weighted by Crippen LogP contribution is -2.44. The molecule has 2 rings (SSSR count). The predicted octanol–water partition coefficient (Wildman–Crippen LogP) is 1.45. The highest BCUT2D eigenvalue weighted by Crippen LogP contribution is 2.01. The van der Waals surface area contributed by atoms with Gasteiger partial charge in [-0.25, -0.2) is 4.99 Å². The van der Waals surface area contributed by atoms with E-state index in [1.807, 2.05) is 30.3 Å². The van der Waals surface area contributed by atoms with Crippen LogP contribution in [0.2, 0.25) is 0 Å². The van der Waals surface area contributed by atoms with Gasteiger partial charge in [-0.05, 0) is 24.1 Å². The van der Waals surface area contributed by atoms with Gasteiger partial charge in [0.25, 0.3) is 0 Å². The third kappa shape index (κ3) is 5.40. The highest BCUT2D eigenvalue weighted by molar-refractivity contribution is 5.96. The number of nitrogens with one attached hydrogen (secondary N) is 3. The van der Waals surface area contributed by atoms with E-state index >= 15 is 0 Å². The number of benzene rings is 1. The van der Waals surface area contributed by atoms with E-state index in [0.29, 0.717) is 19.0 Å². The molecule has 0 saturated carbocycles. The zero-order chi connectivity index (χ0) is 14.9. The fourth-order valence-electron chi connectivity index (χ4n) is 1.80. The summed E-state index contributed by atoms with van der Waals surface area (Å²) in [7, 11) is 0. The summed E-state index contributed by atoms with van der Waals surface area (Å²) in [6, 6.07) is 13.8. The van der Waals surface area contributed by atoms with Crippen LogP contribution < -0.4 is 16.4 Å². The molecule has 1 aromatic carbocycles. The van der Waals surface area contributed by atoms with E-state index in [-0.39, 0.29) is 5.96 Å². The van der Waals surface area contributed by atoms with Crippen LogP contribution in [0.1, 0.15) is 11.3 Å². The summed E-state index contributed by atoms with van der Waals surface area (Å²) in [5, 5.41) is 13.1. The molecule has 0 aliphatic heterocycles. The highest BCUT2D eigenvalue weighted by Gasteiger charge is 2.01. The second-order valence-corrected chi connectivity index (χ2v) is 4.45. The van der Waals surface area contributed by atoms with E-state index < -0.39 is 0 Å². The standard InChI is InChI=1S/C15H19N5O/c16-14(17)20-15(19-11-13-7-4-10-21-13)18-9-8-12-5-2-1-3-6-12/h1-7,10H,8-9,11H2,(H5,16,17,18,19,20). The quantitative estimate of drug-likeness (QED) is 0.493. The van der Waals surface area contributed by atoms with E-state index in [2.05, 4.69) is 27.8 Å². The molecular weight excluding hydrogens is 266 g/mol. The molecule has 0 bridgehead atoms. The Morgan fingerprint density at radius 3 is 2.67 bits per heavy atom. The zero-order valence-corrected chi connectivity index (χ0v) is 11.7. The van der Waals surface area contributed by atoms with Crippen molar-refractivity contribution < 1.29 is 4.42 Å². The normalized spacial score (nSPS) is 11.1. The second-order valence-electron chi connectivity index (χ2n) is 4.45. The van der Waals surface area contributed by atoms with E-state index in [1.165, 1.54) is 5.56 Å². The van der Waals surface area contributed by atoms with Crippen LogP contribution in [0.4, 0.5) is 0 Å². The second kappa shape index (κ2) is 7.74. The Kier molecular flexibility index (Phi) is 5.40. The van der Waals surface area contributed by atoms with Gasteiger partial charge in [0.05, 0.1) is 6.26 Å². The fourth-order valence-corrected chi connectivity index (χ4v) is 1.80. The minimum absolute atomic E-state index is 0.152. The molecule has 1 aromatic heterocycles. The molecule has 1 heterocycles. The Bertz CT molecular complexity index is 577. The van der Waals surface area contributed by atoms with Crippen LogP contribution in [0.15, 0.2) is 58.1 Å². The van der Waals surface area contributed by atoms with Gasteiger partial charge in [0.15, 0.2) is 11.9 Å². The van der Waals surface area contributed by atoms with Crippen molar-refractivity contribution in [2.45, 2.75) is 13.0 Å². The Balaban J connectivity index is 1.87. The Morgan fingerprint density at radius 1 is 1.19 bits per heavy atom.